The van der Waals surface area contributed by atoms with E-state index >= 15 is 0 Å². The number of carbonyl (C=O) groups is 2. The molecule has 3 heterocycles. The molecule has 2 aromatic rings. The van der Waals surface area contributed by atoms with E-state index in [4.69, 9.17) is 4.74 Å². The summed E-state index contributed by atoms with van der Waals surface area (Å²) in [4.78, 5) is 35.9. The topological polar surface area (TPSA) is 89.1 Å². The van der Waals surface area contributed by atoms with Crippen LogP contribution in [-0.4, -0.2) is 89.8 Å². The second-order valence-corrected chi connectivity index (χ2v) is 12.1. The van der Waals surface area contributed by atoms with Crippen molar-refractivity contribution in [2.75, 3.05) is 46.9 Å². The molecule has 8 nitrogen and oxygen atoms in total. The van der Waals surface area contributed by atoms with Crippen LogP contribution in [0.4, 0.5) is 4.79 Å². The molecule has 208 valence electrons. The van der Waals surface area contributed by atoms with Crippen molar-refractivity contribution in [2.24, 2.45) is 11.8 Å². The first kappa shape index (κ1) is 28.2. The summed E-state index contributed by atoms with van der Waals surface area (Å²) in [5, 5.41) is 11.3. The van der Waals surface area contributed by atoms with Gasteiger partial charge in [0.2, 0.25) is 0 Å². The third-order valence-electron chi connectivity index (χ3n) is 8.05. The zero-order valence-corrected chi connectivity index (χ0v) is 23.8. The number of hydrogen-bond donors (Lipinski definition) is 2. The molecule has 2 amide bonds. The van der Waals surface area contributed by atoms with Gasteiger partial charge in [-0.3, -0.25) is 4.90 Å². The van der Waals surface area contributed by atoms with Crippen molar-refractivity contribution < 1.29 is 19.4 Å². The molecule has 2 N–H and O–H groups in total. The number of carboxylic acid groups (broad SMARTS) is 1. The summed E-state index contributed by atoms with van der Waals surface area (Å²) >= 11 is 0. The highest BCUT2D eigenvalue weighted by atomic mass is 16.5. The molecular weight excluding hydrogens is 480 g/mol. The first-order valence-corrected chi connectivity index (χ1v) is 13.9. The number of aliphatic carboxylic acids is 1. The minimum Gasteiger partial charge on any atom is -0.478 e. The fourth-order valence-corrected chi connectivity index (χ4v) is 6.55. The highest BCUT2D eigenvalue weighted by Gasteiger charge is 2.46. The number of aromatic nitrogens is 1. The lowest BCUT2D eigenvalue weighted by Gasteiger charge is -2.45. The zero-order valence-electron chi connectivity index (χ0n) is 23.8. The summed E-state index contributed by atoms with van der Waals surface area (Å²) in [7, 11) is 4.12. The molecule has 0 bridgehead atoms. The number of piperidine rings is 1. The van der Waals surface area contributed by atoms with Crippen LogP contribution in [-0.2, 0) is 14.9 Å². The molecule has 1 aromatic heterocycles. The van der Waals surface area contributed by atoms with E-state index in [2.05, 4.69) is 51.7 Å². The maximum atomic E-state index is 14.2. The van der Waals surface area contributed by atoms with Crippen molar-refractivity contribution in [1.29, 1.82) is 0 Å². The molecule has 2 aliphatic heterocycles. The number of carboxylic acids is 1. The Hall–Kier alpha value is -2.84. The van der Waals surface area contributed by atoms with E-state index in [1.54, 1.807) is 11.1 Å². The number of urea groups is 1. The lowest BCUT2D eigenvalue weighted by atomic mass is 9.72. The predicted molar refractivity (Wildman–Crippen MR) is 151 cm³/mol. The summed E-state index contributed by atoms with van der Waals surface area (Å²) in [5.74, 6) is -0.664. The van der Waals surface area contributed by atoms with E-state index in [0.717, 1.165) is 48.9 Å². The average molecular weight is 525 g/mol. The summed E-state index contributed by atoms with van der Waals surface area (Å²) in [6.45, 7) is 12.1. The number of hydrogen-bond acceptors (Lipinski definition) is 4. The second kappa shape index (κ2) is 11.5. The Bertz CT molecular complexity index is 1180. The number of benzene rings is 1. The molecular formula is C30H44N4O4. The molecule has 2 atom stereocenters. The van der Waals surface area contributed by atoms with Gasteiger partial charge in [-0.2, -0.15) is 0 Å². The van der Waals surface area contributed by atoms with Gasteiger partial charge in [0.15, 0.2) is 0 Å². The van der Waals surface area contributed by atoms with Crippen LogP contribution in [0.15, 0.2) is 30.5 Å². The van der Waals surface area contributed by atoms with E-state index in [9.17, 15) is 14.7 Å². The van der Waals surface area contributed by atoms with Crippen LogP contribution in [0.3, 0.4) is 0 Å². The Kier molecular flexibility index (Phi) is 8.52. The van der Waals surface area contributed by atoms with Crippen LogP contribution < -0.4 is 0 Å². The Labute approximate surface area is 226 Å². The van der Waals surface area contributed by atoms with E-state index in [1.807, 2.05) is 29.2 Å². The first-order chi connectivity index (χ1) is 18.0. The number of H-pyrrole nitrogens is 1. The molecule has 0 radical (unpaired) electrons. The molecule has 0 spiro atoms. The number of ether oxygens (including phenoxy) is 1. The minimum atomic E-state index is -1.04. The van der Waals surface area contributed by atoms with Gasteiger partial charge in [-0.1, -0.05) is 45.9 Å². The van der Waals surface area contributed by atoms with Gasteiger partial charge in [0.25, 0.3) is 0 Å². The van der Waals surface area contributed by atoms with Crippen molar-refractivity contribution in [3.63, 3.8) is 0 Å². The standard InChI is InChI=1S/C30H44N4O4/c1-20(2)27-30(3,4)25-22-12-7-8-13-24(22)31-26(25)23(28(35)36)18-34(27)29(37)33-15-9-11-21(17-33)19-38-16-10-14-32(5)6/h7-8,12-13,18,20-21,27,31H,9-11,14-17,19H2,1-6H3,(H,35,36). The van der Waals surface area contributed by atoms with Crippen LogP contribution in [0.5, 0.6) is 0 Å². The normalized spacial score (nSPS) is 21.5. The van der Waals surface area contributed by atoms with Crippen LogP contribution in [0.25, 0.3) is 16.5 Å². The van der Waals surface area contributed by atoms with E-state index in [-0.39, 0.29) is 29.5 Å². The van der Waals surface area contributed by atoms with Crippen molar-refractivity contribution in [2.45, 2.75) is 58.4 Å². The van der Waals surface area contributed by atoms with Gasteiger partial charge in [0.1, 0.15) is 0 Å². The van der Waals surface area contributed by atoms with Gasteiger partial charge in [0.05, 0.1) is 17.9 Å². The van der Waals surface area contributed by atoms with Gasteiger partial charge in [-0.05, 0) is 57.5 Å². The number of fused-ring (bicyclic) bond motifs is 3. The molecule has 2 aliphatic rings. The van der Waals surface area contributed by atoms with E-state index in [0.29, 0.717) is 25.4 Å². The van der Waals surface area contributed by atoms with Gasteiger partial charge in [-0.25, -0.2) is 9.59 Å². The molecule has 1 aromatic carbocycles. The van der Waals surface area contributed by atoms with Crippen molar-refractivity contribution in [1.82, 2.24) is 19.7 Å². The Morgan fingerprint density at radius 2 is 1.97 bits per heavy atom. The van der Waals surface area contributed by atoms with Crippen molar-refractivity contribution in [3.8, 4) is 0 Å². The molecule has 4 rings (SSSR count). The van der Waals surface area contributed by atoms with Gasteiger partial charge >= 0.3 is 12.0 Å². The lowest BCUT2D eigenvalue weighted by Crippen LogP contribution is -2.55. The van der Waals surface area contributed by atoms with Gasteiger partial charge in [-0.15, -0.1) is 0 Å². The molecule has 2 unspecified atom stereocenters. The fraction of sp³-hybridized carbons (Fsp3) is 0.600. The summed E-state index contributed by atoms with van der Waals surface area (Å²) in [5.41, 5.74) is 2.07. The fourth-order valence-electron chi connectivity index (χ4n) is 6.55. The number of amides is 2. The van der Waals surface area contributed by atoms with Gasteiger partial charge in [0, 0.05) is 54.2 Å². The van der Waals surface area contributed by atoms with Crippen LogP contribution in [0, 0.1) is 11.8 Å². The number of likely N-dealkylation sites (tertiary alicyclic amines) is 1. The van der Waals surface area contributed by atoms with E-state index in [1.165, 1.54) is 0 Å². The van der Waals surface area contributed by atoms with Gasteiger partial charge < -0.3 is 24.6 Å². The number of nitrogens with zero attached hydrogens (tertiary/aromatic N) is 3. The molecule has 1 saturated heterocycles. The summed E-state index contributed by atoms with van der Waals surface area (Å²) < 4.78 is 5.96. The molecule has 8 heteroatoms. The highest BCUT2D eigenvalue weighted by molar-refractivity contribution is 6.17. The minimum absolute atomic E-state index is 0.0977. The highest BCUT2D eigenvalue weighted by Crippen LogP contribution is 2.45. The predicted octanol–water partition coefficient (Wildman–Crippen LogP) is 5.01. The zero-order chi connectivity index (χ0) is 27.6. The maximum Gasteiger partial charge on any atom is 0.339 e. The molecule has 0 aliphatic carbocycles. The summed E-state index contributed by atoms with van der Waals surface area (Å²) in [6, 6.07) is 7.59. The lowest BCUT2D eigenvalue weighted by molar-refractivity contribution is -0.130. The molecule has 1 fully saturated rings. The third-order valence-corrected chi connectivity index (χ3v) is 8.05. The third kappa shape index (κ3) is 5.61. The summed E-state index contributed by atoms with van der Waals surface area (Å²) in [6.07, 6.45) is 4.52. The number of carbonyl (C=O) groups excluding carboxylic acids is 1. The number of aromatic amines is 1. The maximum absolute atomic E-state index is 14.2. The molecule has 0 saturated carbocycles. The van der Waals surface area contributed by atoms with Crippen molar-refractivity contribution >= 4 is 28.5 Å². The molecule has 38 heavy (non-hydrogen) atoms. The SMILES string of the molecule is CC(C)C1N(C(=O)N2CCCC(COCCCN(C)C)C2)C=C(C(=O)O)c2[nH]c3ccccc3c2C1(C)C. The van der Waals surface area contributed by atoms with Crippen LogP contribution >= 0.6 is 0 Å². The van der Waals surface area contributed by atoms with Crippen LogP contribution in [0.1, 0.15) is 58.2 Å². The quantitative estimate of drug-likeness (QED) is 0.474. The smallest absolute Gasteiger partial charge is 0.339 e. The number of para-hydroxylation sites is 1. The largest absolute Gasteiger partial charge is 0.478 e. The second-order valence-electron chi connectivity index (χ2n) is 12.1. The average Bonchev–Trinajstić information content (AvgIpc) is 3.20. The van der Waals surface area contributed by atoms with Crippen molar-refractivity contribution in [3.05, 3.63) is 41.7 Å². The van der Waals surface area contributed by atoms with E-state index < -0.39 is 11.4 Å². The number of nitrogens with one attached hydrogen (secondary N) is 1. The monoisotopic (exact) mass is 524 g/mol. The Morgan fingerprint density at radius 1 is 1.24 bits per heavy atom. The Morgan fingerprint density at radius 3 is 2.66 bits per heavy atom. The van der Waals surface area contributed by atoms with Crippen LogP contribution in [0.2, 0.25) is 0 Å². The number of rotatable bonds is 8. The Balaban J connectivity index is 1.63. The first-order valence-electron chi connectivity index (χ1n) is 13.9.